The summed E-state index contributed by atoms with van der Waals surface area (Å²) in [6.45, 7) is 4.70. The Bertz CT molecular complexity index is 876. The summed E-state index contributed by atoms with van der Waals surface area (Å²) in [6, 6.07) is 8.56. The first kappa shape index (κ1) is 18.8. The topological polar surface area (TPSA) is 56.4 Å². The zero-order chi connectivity index (χ0) is 19.7. The smallest absolute Gasteiger partial charge is 0.270 e. The van der Waals surface area contributed by atoms with E-state index in [4.69, 9.17) is 0 Å². The van der Waals surface area contributed by atoms with Crippen molar-refractivity contribution in [1.82, 2.24) is 9.88 Å². The Hall–Kier alpha value is -2.56. The number of H-pyrrole nitrogens is 1. The third-order valence-electron chi connectivity index (χ3n) is 6.07. The third kappa shape index (κ3) is 3.58. The maximum absolute atomic E-state index is 13.0. The molecule has 0 atom stereocenters. The van der Waals surface area contributed by atoms with E-state index in [0.717, 1.165) is 48.3 Å². The summed E-state index contributed by atoms with van der Waals surface area (Å²) in [7, 11) is 1.82. The fourth-order valence-corrected chi connectivity index (χ4v) is 4.49. The van der Waals surface area contributed by atoms with Gasteiger partial charge in [-0.1, -0.05) is 12.1 Å². The number of amides is 1. The highest BCUT2D eigenvalue weighted by atomic mass is 16.2. The molecule has 0 saturated carbocycles. The van der Waals surface area contributed by atoms with Gasteiger partial charge in [0.25, 0.3) is 5.91 Å². The van der Waals surface area contributed by atoms with Gasteiger partial charge in [0, 0.05) is 50.0 Å². The monoisotopic (exact) mass is 379 g/mol. The molecule has 0 unspecified atom stereocenters. The number of fused-ring (bicyclic) bond motifs is 1. The van der Waals surface area contributed by atoms with Gasteiger partial charge >= 0.3 is 0 Å². The zero-order valence-corrected chi connectivity index (χ0v) is 16.9. The van der Waals surface area contributed by atoms with E-state index in [2.05, 4.69) is 34.1 Å². The van der Waals surface area contributed by atoms with Crippen LogP contribution in [0.1, 0.15) is 69.8 Å². The molecule has 2 heterocycles. The molecule has 0 bridgehead atoms. The Labute approximate surface area is 166 Å². The molecule has 28 heavy (non-hydrogen) atoms. The van der Waals surface area contributed by atoms with Crippen molar-refractivity contribution < 1.29 is 9.59 Å². The van der Waals surface area contributed by atoms with Crippen LogP contribution < -0.4 is 4.90 Å². The summed E-state index contributed by atoms with van der Waals surface area (Å²) >= 11 is 0. The van der Waals surface area contributed by atoms with Crippen molar-refractivity contribution in [2.75, 3.05) is 25.0 Å². The molecule has 1 aliphatic heterocycles. The molecule has 1 aromatic carbocycles. The van der Waals surface area contributed by atoms with Crippen molar-refractivity contribution in [2.45, 2.75) is 52.0 Å². The molecule has 2 aliphatic rings. The van der Waals surface area contributed by atoms with Crippen molar-refractivity contribution in [3.05, 3.63) is 52.3 Å². The summed E-state index contributed by atoms with van der Waals surface area (Å²) in [4.78, 5) is 32.6. The van der Waals surface area contributed by atoms with E-state index in [1.165, 1.54) is 24.9 Å². The standard InChI is InChI=1S/C23H29N3O2/c1-16-21-19(7-6-8-20(21)27)24-22(16)23(28)25(2)15-17-9-11-18(12-10-17)26-13-4-3-5-14-26/h9-12,24H,3-8,13-15H2,1-2H3. The van der Waals surface area contributed by atoms with Crippen LogP contribution in [0.15, 0.2) is 24.3 Å². The number of carbonyl (C=O) groups excluding carboxylic acids is 2. The minimum atomic E-state index is -0.0557. The van der Waals surface area contributed by atoms with Crippen LogP contribution in [0, 0.1) is 6.92 Å². The number of Topliss-reactive ketones (excluding diaryl/α,β-unsaturated/α-hetero) is 1. The van der Waals surface area contributed by atoms with Gasteiger partial charge in [0.15, 0.2) is 5.78 Å². The first-order chi connectivity index (χ1) is 13.5. The molecular formula is C23H29N3O2. The lowest BCUT2D eigenvalue weighted by atomic mass is 9.94. The van der Waals surface area contributed by atoms with Crippen LogP contribution >= 0.6 is 0 Å². The number of aromatic amines is 1. The first-order valence-electron chi connectivity index (χ1n) is 10.4. The number of ketones is 1. The molecule has 1 aliphatic carbocycles. The number of aryl methyl sites for hydroxylation is 1. The number of hydrogen-bond donors (Lipinski definition) is 1. The fourth-order valence-electron chi connectivity index (χ4n) is 4.49. The Kier molecular flexibility index (Phi) is 5.25. The van der Waals surface area contributed by atoms with E-state index in [0.29, 0.717) is 18.7 Å². The largest absolute Gasteiger partial charge is 0.372 e. The van der Waals surface area contributed by atoms with Crippen LogP contribution in [-0.2, 0) is 13.0 Å². The van der Waals surface area contributed by atoms with Crippen molar-refractivity contribution in [3.63, 3.8) is 0 Å². The van der Waals surface area contributed by atoms with Crippen LogP contribution in [0.25, 0.3) is 0 Å². The third-order valence-corrected chi connectivity index (χ3v) is 6.07. The van der Waals surface area contributed by atoms with E-state index >= 15 is 0 Å². The number of nitrogens with one attached hydrogen (secondary N) is 1. The summed E-state index contributed by atoms with van der Waals surface area (Å²) < 4.78 is 0. The summed E-state index contributed by atoms with van der Waals surface area (Å²) in [6.07, 6.45) is 6.14. The molecule has 5 heteroatoms. The molecule has 4 rings (SSSR count). The van der Waals surface area contributed by atoms with Crippen LogP contribution in [0.2, 0.25) is 0 Å². The minimum absolute atomic E-state index is 0.0557. The van der Waals surface area contributed by atoms with E-state index in [9.17, 15) is 9.59 Å². The van der Waals surface area contributed by atoms with Gasteiger partial charge in [-0.25, -0.2) is 0 Å². The molecule has 0 radical (unpaired) electrons. The Morgan fingerprint density at radius 3 is 2.46 bits per heavy atom. The number of benzene rings is 1. The molecule has 1 fully saturated rings. The number of rotatable bonds is 4. The highest BCUT2D eigenvalue weighted by Gasteiger charge is 2.27. The van der Waals surface area contributed by atoms with Gasteiger partial charge in [-0.3, -0.25) is 9.59 Å². The molecule has 1 amide bonds. The van der Waals surface area contributed by atoms with E-state index < -0.39 is 0 Å². The quantitative estimate of drug-likeness (QED) is 0.870. The predicted octanol–water partition coefficient (Wildman–Crippen LogP) is 4.10. The second-order valence-electron chi connectivity index (χ2n) is 8.13. The maximum atomic E-state index is 13.0. The lowest BCUT2D eigenvalue weighted by Crippen LogP contribution is -2.29. The molecular weight excluding hydrogens is 350 g/mol. The number of hydrogen-bond acceptors (Lipinski definition) is 3. The molecule has 148 valence electrons. The molecule has 1 saturated heterocycles. The lowest BCUT2D eigenvalue weighted by molar-refractivity contribution is 0.0779. The Morgan fingerprint density at radius 2 is 1.79 bits per heavy atom. The summed E-state index contributed by atoms with van der Waals surface area (Å²) in [5, 5.41) is 0. The molecule has 1 N–H and O–H groups in total. The van der Waals surface area contributed by atoms with E-state index in [1.807, 2.05) is 14.0 Å². The average molecular weight is 380 g/mol. The number of piperidine rings is 1. The van der Waals surface area contributed by atoms with Crippen LogP contribution in [0.4, 0.5) is 5.69 Å². The van der Waals surface area contributed by atoms with Gasteiger partial charge in [0.05, 0.1) is 0 Å². The van der Waals surface area contributed by atoms with Crippen molar-refractivity contribution in [2.24, 2.45) is 0 Å². The first-order valence-corrected chi connectivity index (χ1v) is 10.4. The van der Waals surface area contributed by atoms with Gasteiger partial charge in [0.1, 0.15) is 5.69 Å². The van der Waals surface area contributed by atoms with Gasteiger partial charge in [-0.2, -0.15) is 0 Å². The number of carbonyl (C=O) groups is 2. The minimum Gasteiger partial charge on any atom is -0.372 e. The van der Waals surface area contributed by atoms with Crippen molar-refractivity contribution in [3.8, 4) is 0 Å². The zero-order valence-electron chi connectivity index (χ0n) is 16.9. The molecule has 0 spiro atoms. The average Bonchev–Trinajstić information content (AvgIpc) is 3.06. The Morgan fingerprint density at radius 1 is 1.07 bits per heavy atom. The van der Waals surface area contributed by atoms with Gasteiger partial charge < -0.3 is 14.8 Å². The van der Waals surface area contributed by atoms with E-state index in [-0.39, 0.29) is 11.7 Å². The normalized spacial score (nSPS) is 16.8. The molecule has 1 aromatic heterocycles. The molecule has 2 aromatic rings. The Balaban J connectivity index is 1.45. The van der Waals surface area contributed by atoms with Gasteiger partial charge in [-0.15, -0.1) is 0 Å². The summed E-state index contributed by atoms with van der Waals surface area (Å²) in [5.41, 5.74) is 5.42. The second-order valence-corrected chi connectivity index (χ2v) is 8.13. The highest BCUT2D eigenvalue weighted by Crippen LogP contribution is 2.27. The van der Waals surface area contributed by atoms with Crippen molar-refractivity contribution >= 4 is 17.4 Å². The summed E-state index contributed by atoms with van der Waals surface area (Å²) in [5.74, 6) is 0.102. The number of nitrogens with zero attached hydrogens (tertiary/aromatic N) is 2. The van der Waals surface area contributed by atoms with E-state index in [1.54, 1.807) is 4.90 Å². The number of anilines is 1. The fraction of sp³-hybridized carbons (Fsp3) is 0.478. The van der Waals surface area contributed by atoms with Gasteiger partial charge in [-0.05, 0) is 62.3 Å². The SMILES string of the molecule is Cc1c(C(=O)N(C)Cc2ccc(N3CCCCC3)cc2)[nH]c2c1C(=O)CCC2. The van der Waals surface area contributed by atoms with Crippen molar-refractivity contribution in [1.29, 1.82) is 0 Å². The van der Waals surface area contributed by atoms with Crippen LogP contribution in [0.3, 0.4) is 0 Å². The predicted molar refractivity (Wildman–Crippen MR) is 111 cm³/mol. The molecule has 5 nitrogen and oxygen atoms in total. The second kappa shape index (κ2) is 7.82. The maximum Gasteiger partial charge on any atom is 0.270 e. The number of aromatic nitrogens is 1. The highest BCUT2D eigenvalue weighted by molar-refractivity contribution is 6.04. The van der Waals surface area contributed by atoms with Crippen LogP contribution in [-0.4, -0.2) is 41.7 Å². The van der Waals surface area contributed by atoms with Crippen LogP contribution in [0.5, 0.6) is 0 Å². The van der Waals surface area contributed by atoms with Gasteiger partial charge in [0.2, 0.25) is 0 Å². The lowest BCUT2D eigenvalue weighted by Gasteiger charge is -2.29.